The van der Waals surface area contributed by atoms with Gasteiger partial charge in [-0.2, -0.15) is 5.10 Å². The minimum atomic E-state index is -1.16. The molecule has 0 bridgehead atoms. The van der Waals surface area contributed by atoms with Gasteiger partial charge in [0.05, 0.1) is 5.69 Å². The lowest BCUT2D eigenvalue weighted by molar-refractivity contribution is -0.306. The van der Waals surface area contributed by atoms with Gasteiger partial charge in [-0.1, -0.05) is 30.3 Å². The minimum Gasteiger partial charge on any atom is -0.550 e. The molecule has 6 heteroatoms. The Hall–Kier alpha value is -2.63. The number of benzene rings is 1. The summed E-state index contributed by atoms with van der Waals surface area (Å²) in [6, 6.07) is 11.1. The van der Waals surface area contributed by atoms with E-state index in [2.05, 4.69) is 10.4 Å². The van der Waals surface area contributed by atoms with E-state index in [0.29, 0.717) is 11.7 Å². The quantitative estimate of drug-likeness (QED) is 0.836. The van der Waals surface area contributed by atoms with E-state index in [0.717, 1.165) is 24.1 Å². The second-order valence-electron chi connectivity index (χ2n) is 6.29. The van der Waals surface area contributed by atoms with Gasteiger partial charge in [-0.05, 0) is 30.7 Å². The van der Waals surface area contributed by atoms with Crippen molar-refractivity contribution in [3.05, 3.63) is 47.7 Å². The predicted octanol–water partition coefficient (Wildman–Crippen LogP) is 1.55. The van der Waals surface area contributed by atoms with Crippen LogP contribution in [0, 0.1) is 0 Å². The number of amides is 1. The molecule has 6 nitrogen and oxygen atoms in total. The Morgan fingerprint density at radius 3 is 2.62 bits per heavy atom. The first-order valence-electron chi connectivity index (χ1n) is 8.11. The number of rotatable bonds is 7. The van der Waals surface area contributed by atoms with Gasteiger partial charge in [0, 0.05) is 31.4 Å². The highest BCUT2D eigenvalue weighted by Gasteiger charge is 2.27. The number of hydrogen-bond acceptors (Lipinski definition) is 4. The second kappa shape index (κ2) is 6.86. The molecule has 1 N–H and O–H groups in total. The van der Waals surface area contributed by atoms with Crippen LogP contribution in [-0.2, 0) is 16.6 Å². The molecule has 3 rings (SSSR count). The van der Waals surface area contributed by atoms with Crippen LogP contribution in [0.4, 0.5) is 5.82 Å². The molecular weight excluding hydrogens is 306 g/mol. The molecule has 1 fully saturated rings. The average Bonchev–Trinajstić information content (AvgIpc) is 3.33. The molecule has 0 spiro atoms. The summed E-state index contributed by atoms with van der Waals surface area (Å²) >= 11 is 0. The van der Waals surface area contributed by atoms with Gasteiger partial charge in [-0.3, -0.25) is 9.48 Å². The Bertz CT molecular complexity index is 735. The summed E-state index contributed by atoms with van der Waals surface area (Å²) < 4.78 is 1.65. The molecular formula is C18H20N3O3-. The molecule has 126 valence electrons. The van der Waals surface area contributed by atoms with Gasteiger partial charge in [0.15, 0.2) is 0 Å². The van der Waals surface area contributed by atoms with E-state index in [1.807, 2.05) is 36.4 Å². The van der Waals surface area contributed by atoms with Crippen LogP contribution >= 0.6 is 0 Å². The molecule has 0 radical (unpaired) electrons. The van der Waals surface area contributed by atoms with Crippen LogP contribution in [0.3, 0.4) is 0 Å². The lowest BCUT2D eigenvalue weighted by Gasteiger charge is -2.17. The maximum Gasteiger partial charge on any atom is 0.226 e. The fraction of sp³-hybridized carbons (Fsp3) is 0.389. The third-order valence-electron chi connectivity index (χ3n) is 4.28. The van der Waals surface area contributed by atoms with Gasteiger partial charge >= 0.3 is 0 Å². The Morgan fingerprint density at radius 2 is 2.00 bits per heavy atom. The van der Waals surface area contributed by atoms with Crippen LogP contribution in [0.15, 0.2) is 36.4 Å². The molecule has 1 aliphatic rings. The minimum absolute atomic E-state index is 0.0853. The highest BCUT2D eigenvalue weighted by molar-refractivity contribution is 5.90. The van der Waals surface area contributed by atoms with Gasteiger partial charge in [0.25, 0.3) is 0 Å². The number of carbonyl (C=O) groups is 2. The van der Waals surface area contributed by atoms with Crippen LogP contribution < -0.4 is 10.4 Å². The highest BCUT2D eigenvalue weighted by atomic mass is 16.4. The molecule has 0 aliphatic heterocycles. The smallest absolute Gasteiger partial charge is 0.226 e. The van der Waals surface area contributed by atoms with Crippen molar-refractivity contribution in [3.63, 3.8) is 0 Å². The van der Waals surface area contributed by atoms with E-state index in [-0.39, 0.29) is 18.7 Å². The Morgan fingerprint density at radius 1 is 1.29 bits per heavy atom. The van der Waals surface area contributed by atoms with E-state index < -0.39 is 11.9 Å². The molecule has 1 amide bonds. The molecule has 1 saturated carbocycles. The normalized spacial score (nSPS) is 15.0. The van der Waals surface area contributed by atoms with Crippen LogP contribution in [0.1, 0.15) is 48.8 Å². The number of anilines is 1. The van der Waals surface area contributed by atoms with Crippen molar-refractivity contribution in [2.75, 3.05) is 5.32 Å². The summed E-state index contributed by atoms with van der Waals surface area (Å²) in [4.78, 5) is 23.4. The van der Waals surface area contributed by atoms with E-state index in [4.69, 9.17) is 0 Å². The third kappa shape index (κ3) is 4.01. The molecule has 0 saturated heterocycles. The van der Waals surface area contributed by atoms with Crippen LogP contribution in [-0.4, -0.2) is 21.7 Å². The van der Waals surface area contributed by atoms with Crippen molar-refractivity contribution >= 4 is 17.7 Å². The van der Waals surface area contributed by atoms with Crippen molar-refractivity contribution in [1.29, 1.82) is 0 Å². The first-order valence-corrected chi connectivity index (χ1v) is 8.11. The number of carbonyl (C=O) groups excluding carboxylic acids is 2. The summed E-state index contributed by atoms with van der Waals surface area (Å²) in [5, 5.41) is 18.2. The zero-order chi connectivity index (χ0) is 17.1. The summed E-state index contributed by atoms with van der Waals surface area (Å²) in [6.45, 7) is 0. The van der Waals surface area contributed by atoms with E-state index in [1.165, 1.54) is 0 Å². The largest absolute Gasteiger partial charge is 0.550 e. The van der Waals surface area contributed by atoms with E-state index in [9.17, 15) is 14.7 Å². The first kappa shape index (κ1) is 16.2. The molecule has 1 heterocycles. The van der Waals surface area contributed by atoms with Crippen LogP contribution in [0.5, 0.6) is 0 Å². The van der Waals surface area contributed by atoms with Gasteiger partial charge in [-0.15, -0.1) is 0 Å². The number of aliphatic carboxylic acids is 1. The average molecular weight is 326 g/mol. The van der Waals surface area contributed by atoms with Gasteiger partial charge in [0.2, 0.25) is 5.91 Å². The topological polar surface area (TPSA) is 87.0 Å². The number of aromatic nitrogens is 2. The molecule has 24 heavy (non-hydrogen) atoms. The van der Waals surface area contributed by atoms with Gasteiger partial charge in [0.1, 0.15) is 5.82 Å². The Balaban J connectivity index is 1.68. The molecule has 2 aromatic rings. The van der Waals surface area contributed by atoms with Crippen molar-refractivity contribution in [3.8, 4) is 0 Å². The van der Waals surface area contributed by atoms with E-state index >= 15 is 0 Å². The highest BCUT2D eigenvalue weighted by Crippen LogP contribution is 2.40. The number of aryl methyl sites for hydroxylation is 1. The number of nitrogens with one attached hydrogen (secondary N) is 1. The first-order chi connectivity index (χ1) is 11.5. The summed E-state index contributed by atoms with van der Waals surface area (Å²) in [7, 11) is 1.79. The van der Waals surface area contributed by atoms with Crippen molar-refractivity contribution in [2.24, 2.45) is 7.05 Å². The maximum absolute atomic E-state index is 12.4. The van der Waals surface area contributed by atoms with Gasteiger partial charge < -0.3 is 15.2 Å². The summed E-state index contributed by atoms with van der Waals surface area (Å²) in [5.41, 5.74) is 1.82. The van der Waals surface area contributed by atoms with Crippen LogP contribution in [0.25, 0.3) is 0 Å². The molecule has 1 aromatic carbocycles. The molecule has 1 atom stereocenters. The van der Waals surface area contributed by atoms with Gasteiger partial charge in [-0.25, -0.2) is 0 Å². The fourth-order valence-corrected chi connectivity index (χ4v) is 2.84. The Kier molecular flexibility index (Phi) is 4.64. The van der Waals surface area contributed by atoms with Crippen molar-refractivity contribution in [2.45, 2.75) is 37.5 Å². The second-order valence-corrected chi connectivity index (χ2v) is 6.29. The maximum atomic E-state index is 12.4. The number of hydrogen-bond donors (Lipinski definition) is 1. The lowest BCUT2D eigenvalue weighted by atomic mass is 9.92. The predicted molar refractivity (Wildman–Crippen MR) is 87.2 cm³/mol. The molecule has 1 aliphatic carbocycles. The zero-order valence-corrected chi connectivity index (χ0v) is 13.6. The monoisotopic (exact) mass is 326 g/mol. The lowest BCUT2D eigenvalue weighted by Crippen LogP contribution is -2.26. The van der Waals surface area contributed by atoms with E-state index in [1.54, 1.807) is 11.7 Å². The standard InChI is InChI=1S/C18H21N3O3/c1-21-16(11-15(20-21)13-7-8-13)19-17(22)9-14(10-18(23)24)12-5-3-2-4-6-12/h2-6,11,13-14H,7-10H2,1H3,(H,19,22)(H,23,24)/p-1/t14-/m1/s1. The van der Waals surface area contributed by atoms with Crippen LogP contribution in [0.2, 0.25) is 0 Å². The summed E-state index contributed by atoms with van der Waals surface area (Å²) in [5.74, 6) is -0.643. The number of nitrogens with zero attached hydrogens (tertiary/aromatic N) is 2. The third-order valence-corrected chi connectivity index (χ3v) is 4.28. The fourth-order valence-electron chi connectivity index (χ4n) is 2.84. The molecule has 0 unspecified atom stereocenters. The number of carboxylic acids is 1. The SMILES string of the molecule is Cn1nc(C2CC2)cc1NC(=O)C[C@H](CC(=O)[O-])c1ccccc1. The Labute approximate surface area is 140 Å². The zero-order valence-electron chi connectivity index (χ0n) is 13.6. The molecule has 1 aromatic heterocycles. The van der Waals surface area contributed by atoms with Crippen molar-refractivity contribution in [1.82, 2.24) is 9.78 Å². The summed E-state index contributed by atoms with van der Waals surface area (Å²) in [6.07, 6.45) is 2.19. The van der Waals surface area contributed by atoms with Crippen molar-refractivity contribution < 1.29 is 14.7 Å². The number of carboxylic acid groups (broad SMARTS) is 1.